The van der Waals surface area contributed by atoms with Crippen LogP contribution in [0.3, 0.4) is 0 Å². The highest BCUT2D eigenvalue weighted by molar-refractivity contribution is 5.98. The van der Waals surface area contributed by atoms with Crippen LogP contribution in [0.15, 0.2) is 66.4 Å². The molecule has 1 saturated carbocycles. The first-order valence-corrected chi connectivity index (χ1v) is 11.3. The van der Waals surface area contributed by atoms with Gasteiger partial charge in [0.15, 0.2) is 5.78 Å². The second-order valence-electron chi connectivity index (χ2n) is 9.06. The number of nitrogens with one attached hydrogen (secondary N) is 1. The molecule has 2 aliphatic carbocycles. The van der Waals surface area contributed by atoms with E-state index in [9.17, 15) is 15.0 Å². The van der Waals surface area contributed by atoms with Crippen LogP contribution in [-0.4, -0.2) is 32.8 Å². The Morgan fingerprint density at radius 1 is 1.16 bits per heavy atom. The molecule has 5 rings (SSSR count). The van der Waals surface area contributed by atoms with Gasteiger partial charge in [-0.15, -0.1) is 0 Å². The molecule has 1 heterocycles. The maximum Gasteiger partial charge on any atom is 0.165 e. The van der Waals surface area contributed by atoms with Crippen molar-refractivity contribution in [1.29, 1.82) is 0 Å². The third-order valence-corrected chi connectivity index (χ3v) is 7.52. The number of carbonyl (C=O) groups is 1. The van der Waals surface area contributed by atoms with E-state index in [1.54, 1.807) is 0 Å². The predicted molar refractivity (Wildman–Crippen MR) is 123 cm³/mol. The molecule has 3 aromatic rings. The minimum atomic E-state index is -0.456. The summed E-state index contributed by atoms with van der Waals surface area (Å²) < 4.78 is 0. The zero-order chi connectivity index (χ0) is 22.3. The van der Waals surface area contributed by atoms with E-state index in [0.717, 1.165) is 47.2 Å². The van der Waals surface area contributed by atoms with E-state index < -0.39 is 5.41 Å². The highest BCUT2D eigenvalue weighted by atomic mass is 16.3. The number of hydrogen-bond donors (Lipinski definition) is 3. The fraction of sp³-hybridized carbons (Fsp3) is 0.333. The monoisotopic (exact) mass is 428 g/mol. The number of aromatic nitrogens is 2. The minimum Gasteiger partial charge on any atom is -0.515 e. The first kappa shape index (κ1) is 20.7. The highest BCUT2D eigenvalue weighted by Gasteiger charge is 2.55. The van der Waals surface area contributed by atoms with Crippen LogP contribution in [0.2, 0.25) is 0 Å². The SMILES string of the molecule is C[C@@H]1C(=O)C(=CO)C[C@]2(c3ccccc3)c3n[nH]c(-c4ccc(CCO)cc4)c3CC[C@@H]12. The third kappa shape index (κ3) is 3.03. The molecule has 1 aromatic heterocycles. The molecule has 1 fully saturated rings. The molecule has 32 heavy (non-hydrogen) atoms. The highest BCUT2D eigenvalue weighted by Crippen LogP contribution is 2.56. The molecule has 0 unspecified atom stereocenters. The first-order chi connectivity index (χ1) is 15.6. The standard InChI is InChI=1S/C27H28N2O3/c1-17-23-12-11-22-24(19-9-7-18(8-10-19)13-14-30)28-29-26(22)27(23,15-20(16-31)25(17)32)21-5-3-2-4-6-21/h2-10,16-17,23,30-31H,11-15H2,1H3,(H,28,29)/t17-,23-,27+/m0/s1. The summed E-state index contributed by atoms with van der Waals surface area (Å²) in [6.07, 6.45) is 3.84. The minimum absolute atomic E-state index is 0.0442. The normalized spacial score (nSPS) is 26.1. The van der Waals surface area contributed by atoms with Gasteiger partial charge in [0.25, 0.3) is 0 Å². The van der Waals surface area contributed by atoms with Gasteiger partial charge in [-0.25, -0.2) is 0 Å². The van der Waals surface area contributed by atoms with Crippen LogP contribution in [0, 0.1) is 11.8 Å². The Hall–Kier alpha value is -3.18. The van der Waals surface area contributed by atoms with Crippen molar-refractivity contribution in [3.8, 4) is 11.3 Å². The van der Waals surface area contributed by atoms with Crippen molar-refractivity contribution in [2.75, 3.05) is 6.61 Å². The van der Waals surface area contributed by atoms with Crippen LogP contribution in [0.4, 0.5) is 0 Å². The summed E-state index contributed by atoms with van der Waals surface area (Å²) in [6.45, 7) is 2.13. The van der Waals surface area contributed by atoms with E-state index in [1.165, 1.54) is 5.56 Å². The molecule has 3 atom stereocenters. The molecular weight excluding hydrogens is 400 g/mol. The van der Waals surface area contributed by atoms with Crippen molar-refractivity contribution in [3.63, 3.8) is 0 Å². The Morgan fingerprint density at radius 2 is 1.91 bits per heavy atom. The van der Waals surface area contributed by atoms with Gasteiger partial charge in [0, 0.05) is 29.1 Å². The molecule has 0 saturated heterocycles. The Kier molecular flexibility index (Phi) is 5.22. The average Bonchev–Trinajstić information content (AvgIpc) is 3.27. The molecule has 0 radical (unpaired) electrons. The lowest BCUT2D eigenvalue weighted by atomic mass is 9.52. The quantitative estimate of drug-likeness (QED) is 0.422. The van der Waals surface area contributed by atoms with Gasteiger partial charge in [0.05, 0.1) is 17.6 Å². The van der Waals surface area contributed by atoms with Gasteiger partial charge >= 0.3 is 0 Å². The Labute approximate surface area is 187 Å². The van der Waals surface area contributed by atoms with Gasteiger partial charge in [-0.1, -0.05) is 61.5 Å². The molecular formula is C27H28N2O3. The van der Waals surface area contributed by atoms with Crippen LogP contribution in [-0.2, 0) is 23.1 Å². The Bertz CT molecular complexity index is 1160. The van der Waals surface area contributed by atoms with Crippen molar-refractivity contribution in [3.05, 3.63) is 88.8 Å². The first-order valence-electron chi connectivity index (χ1n) is 11.3. The number of nitrogens with zero attached hydrogens (tertiary/aromatic N) is 1. The predicted octanol–water partition coefficient (Wildman–Crippen LogP) is 4.51. The van der Waals surface area contributed by atoms with Crippen molar-refractivity contribution in [2.24, 2.45) is 11.8 Å². The molecule has 0 amide bonds. The number of benzene rings is 2. The summed E-state index contributed by atoms with van der Waals surface area (Å²) in [4.78, 5) is 12.9. The zero-order valence-electron chi connectivity index (χ0n) is 18.2. The Balaban J connectivity index is 1.68. The van der Waals surface area contributed by atoms with Crippen molar-refractivity contribution in [2.45, 2.75) is 38.0 Å². The molecule has 5 nitrogen and oxygen atoms in total. The van der Waals surface area contributed by atoms with Gasteiger partial charge in [-0.2, -0.15) is 5.10 Å². The summed E-state index contributed by atoms with van der Waals surface area (Å²) in [5.74, 6) is -0.0205. The number of fused-ring (bicyclic) bond motifs is 3. The fourth-order valence-corrected chi connectivity index (χ4v) is 5.96. The maximum atomic E-state index is 12.9. The molecule has 2 aromatic carbocycles. The topological polar surface area (TPSA) is 86.2 Å². The second-order valence-corrected chi connectivity index (χ2v) is 9.06. The molecule has 164 valence electrons. The lowest BCUT2D eigenvalue weighted by Crippen LogP contribution is -2.50. The van der Waals surface area contributed by atoms with Crippen LogP contribution in [0.1, 0.15) is 42.1 Å². The molecule has 0 aliphatic heterocycles. The van der Waals surface area contributed by atoms with E-state index in [1.807, 2.05) is 37.3 Å². The van der Waals surface area contributed by atoms with E-state index in [0.29, 0.717) is 18.4 Å². The van der Waals surface area contributed by atoms with Crippen LogP contribution in [0.25, 0.3) is 11.3 Å². The van der Waals surface area contributed by atoms with E-state index in [4.69, 9.17) is 5.10 Å². The van der Waals surface area contributed by atoms with Crippen molar-refractivity contribution < 1.29 is 15.0 Å². The summed E-state index contributed by atoms with van der Waals surface area (Å²) in [5.41, 5.74) is 6.53. The van der Waals surface area contributed by atoms with Gasteiger partial charge in [-0.3, -0.25) is 9.89 Å². The number of rotatable bonds is 4. The van der Waals surface area contributed by atoms with Crippen molar-refractivity contribution >= 4 is 5.78 Å². The number of hydrogen-bond acceptors (Lipinski definition) is 4. The number of aliphatic hydroxyl groups is 2. The molecule has 0 bridgehead atoms. The molecule has 3 N–H and O–H groups in total. The van der Waals surface area contributed by atoms with E-state index >= 15 is 0 Å². The van der Waals surface area contributed by atoms with E-state index in [-0.39, 0.29) is 24.2 Å². The maximum absolute atomic E-state index is 12.9. The number of H-pyrrole nitrogens is 1. The zero-order valence-corrected chi connectivity index (χ0v) is 18.2. The largest absolute Gasteiger partial charge is 0.515 e. The molecule has 5 heteroatoms. The average molecular weight is 429 g/mol. The summed E-state index contributed by atoms with van der Waals surface area (Å²) >= 11 is 0. The van der Waals surface area contributed by atoms with Crippen LogP contribution >= 0.6 is 0 Å². The fourth-order valence-electron chi connectivity index (χ4n) is 5.96. The van der Waals surface area contributed by atoms with Gasteiger partial charge in [-0.05, 0) is 48.3 Å². The summed E-state index contributed by atoms with van der Waals surface area (Å²) in [6, 6.07) is 18.6. The number of allylic oxidation sites excluding steroid dienone is 1. The number of aromatic amines is 1. The summed E-state index contributed by atoms with van der Waals surface area (Å²) in [5, 5.41) is 27.3. The van der Waals surface area contributed by atoms with Gasteiger partial charge in [0.1, 0.15) is 0 Å². The lowest BCUT2D eigenvalue weighted by Gasteiger charge is -2.49. The van der Waals surface area contributed by atoms with E-state index in [2.05, 4.69) is 29.4 Å². The van der Waals surface area contributed by atoms with Crippen LogP contribution in [0.5, 0.6) is 0 Å². The number of Topliss-reactive ketones (excluding diaryl/α,β-unsaturated/α-hetero) is 1. The number of aliphatic hydroxyl groups excluding tert-OH is 2. The van der Waals surface area contributed by atoms with Gasteiger partial charge < -0.3 is 10.2 Å². The Morgan fingerprint density at radius 3 is 2.59 bits per heavy atom. The summed E-state index contributed by atoms with van der Waals surface area (Å²) in [7, 11) is 0. The number of ketones is 1. The molecule has 0 spiro atoms. The lowest BCUT2D eigenvalue weighted by molar-refractivity contribution is -0.123. The van der Waals surface area contributed by atoms with Gasteiger partial charge in [0.2, 0.25) is 0 Å². The molecule has 2 aliphatic rings. The van der Waals surface area contributed by atoms with Crippen molar-refractivity contribution in [1.82, 2.24) is 10.2 Å². The number of carbonyl (C=O) groups excluding carboxylic acids is 1. The smallest absolute Gasteiger partial charge is 0.165 e. The third-order valence-electron chi connectivity index (χ3n) is 7.52. The van der Waals surface area contributed by atoms with Crippen LogP contribution < -0.4 is 0 Å². The second kappa shape index (κ2) is 8.06.